The minimum Gasteiger partial charge on any atom is -0.379 e. The van der Waals surface area contributed by atoms with E-state index in [1.54, 1.807) is 0 Å². The zero-order valence-electron chi connectivity index (χ0n) is 13.9. The summed E-state index contributed by atoms with van der Waals surface area (Å²) in [5.74, 6) is 0. The van der Waals surface area contributed by atoms with Crippen LogP contribution in [0.3, 0.4) is 0 Å². The lowest BCUT2D eigenvalue weighted by atomic mass is 9.81. The van der Waals surface area contributed by atoms with Crippen molar-refractivity contribution in [1.82, 2.24) is 15.2 Å². The number of aromatic nitrogens is 1. The molecule has 0 amide bonds. The normalized spacial score (nSPS) is 21.0. The third kappa shape index (κ3) is 3.44. The minimum absolute atomic E-state index is 0.0770. The average Bonchev–Trinajstić information content (AvgIpc) is 2.53. The van der Waals surface area contributed by atoms with Gasteiger partial charge in [0, 0.05) is 31.0 Å². The Morgan fingerprint density at radius 3 is 2.67 bits per heavy atom. The van der Waals surface area contributed by atoms with Crippen LogP contribution >= 0.6 is 0 Å². The van der Waals surface area contributed by atoms with Gasteiger partial charge in [0.15, 0.2) is 0 Å². The van der Waals surface area contributed by atoms with Crippen LogP contribution in [0.1, 0.15) is 44.4 Å². The summed E-state index contributed by atoms with van der Waals surface area (Å²) < 4.78 is 5.53. The first-order valence-corrected chi connectivity index (χ1v) is 8.10. The Balaban J connectivity index is 2.35. The van der Waals surface area contributed by atoms with E-state index in [0.29, 0.717) is 6.04 Å². The first-order valence-electron chi connectivity index (χ1n) is 8.10. The molecule has 0 spiro atoms. The summed E-state index contributed by atoms with van der Waals surface area (Å²) in [5, 5.41) is 3.71. The second-order valence-corrected chi connectivity index (χ2v) is 6.03. The molecule has 1 aliphatic rings. The van der Waals surface area contributed by atoms with Crippen molar-refractivity contribution >= 4 is 0 Å². The average molecular weight is 291 g/mol. The van der Waals surface area contributed by atoms with Gasteiger partial charge >= 0.3 is 0 Å². The van der Waals surface area contributed by atoms with Gasteiger partial charge in [0.1, 0.15) is 0 Å². The van der Waals surface area contributed by atoms with Gasteiger partial charge in [0.2, 0.25) is 0 Å². The van der Waals surface area contributed by atoms with E-state index in [9.17, 15) is 0 Å². The fourth-order valence-corrected chi connectivity index (χ4v) is 3.33. The third-order valence-corrected chi connectivity index (χ3v) is 4.87. The van der Waals surface area contributed by atoms with Crippen molar-refractivity contribution in [3.05, 3.63) is 29.6 Å². The lowest BCUT2D eigenvalue weighted by Crippen LogP contribution is -2.57. The fraction of sp³-hybridized carbons (Fsp3) is 0.706. The molecule has 0 aromatic carbocycles. The van der Waals surface area contributed by atoms with Crippen LogP contribution in [0.5, 0.6) is 0 Å². The first kappa shape index (κ1) is 16.4. The predicted octanol–water partition coefficient (Wildman–Crippen LogP) is 2.54. The molecule has 0 bridgehead atoms. The Labute approximate surface area is 128 Å². The first-order chi connectivity index (χ1) is 10.1. The van der Waals surface area contributed by atoms with E-state index in [4.69, 9.17) is 4.74 Å². The number of likely N-dealkylation sites (N-methyl/N-ethyl adjacent to an activating group) is 1. The summed E-state index contributed by atoms with van der Waals surface area (Å²) in [6, 6.07) is 2.40. The van der Waals surface area contributed by atoms with Crippen molar-refractivity contribution in [2.45, 2.75) is 45.7 Å². The molecule has 4 heteroatoms. The van der Waals surface area contributed by atoms with Gasteiger partial charge in [-0.2, -0.15) is 0 Å². The molecule has 1 saturated heterocycles. The molecule has 0 radical (unpaired) electrons. The van der Waals surface area contributed by atoms with Crippen LogP contribution in [0.25, 0.3) is 0 Å². The lowest BCUT2D eigenvalue weighted by Gasteiger charge is -2.48. The van der Waals surface area contributed by atoms with Gasteiger partial charge in [0.25, 0.3) is 0 Å². The van der Waals surface area contributed by atoms with Crippen LogP contribution in [0.4, 0.5) is 0 Å². The minimum atomic E-state index is 0.0770. The number of nitrogens with one attached hydrogen (secondary N) is 1. The third-order valence-electron chi connectivity index (χ3n) is 4.87. The highest BCUT2D eigenvalue weighted by Crippen LogP contribution is 2.35. The number of rotatable bonds is 6. The van der Waals surface area contributed by atoms with Crippen molar-refractivity contribution in [3.8, 4) is 0 Å². The highest BCUT2D eigenvalue weighted by molar-refractivity contribution is 5.28. The van der Waals surface area contributed by atoms with Gasteiger partial charge in [-0.3, -0.25) is 9.88 Å². The Hall–Kier alpha value is -0.970. The monoisotopic (exact) mass is 291 g/mol. The summed E-state index contributed by atoms with van der Waals surface area (Å²) in [6.45, 7) is 13.6. The van der Waals surface area contributed by atoms with Crippen LogP contribution in [0, 0.1) is 6.92 Å². The fourth-order valence-electron chi connectivity index (χ4n) is 3.33. The zero-order valence-corrected chi connectivity index (χ0v) is 13.9. The van der Waals surface area contributed by atoms with E-state index in [-0.39, 0.29) is 5.54 Å². The van der Waals surface area contributed by atoms with Crippen molar-refractivity contribution in [3.63, 3.8) is 0 Å². The van der Waals surface area contributed by atoms with Gasteiger partial charge in [-0.15, -0.1) is 0 Å². The second-order valence-electron chi connectivity index (χ2n) is 6.03. The van der Waals surface area contributed by atoms with Crippen LogP contribution in [0.2, 0.25) is 0 Å². The predicted molar refractivity (Wildman–Crippen MR) is 86.5 cm³/mol. The maximum absolute atomic E-state index is 5.53. The molecule has 21 heavy (non-hydrogen) atoms. The van der Waals surface area contributed by atoms with E-state index < -0.39 is 0 Å². The number of pyridine rings is 1. The molecule has 1 aromatic heterocycles. The van der Waals surface area contributed by atoms with Crippen LogP contribution < -0.4 is 5.32 Å². The number of nitrogens with zero attached hydrogens (tertiary/aromatic N) is 2. The Morgan fingerprint density at radius 2 is 2.10 bits per heavy atom. The van der Waals surface area contributed by atoms with Gasteiger partial charge in [-0.1, -0.05) is 13.8 Å². The molecule has 2 rings (SSSR count). The van der Waals surface area contributed by atoms with Gasteiger partial charge in [-0.25, -0.2) is 0 Å². The molecular formula is C17H29N3O. The highest BCUT2D eigenvalue weighted by Gasteiger charge is 2.40. The molecule has 1 fully saturated rings. The van der Waals surface area contributed by atoms with Gasteiger partial charge in [-0.05, 0) is 44.0 Å². The largest absolute Gasteiger partial charge is 0.379 e. The SMILES string of the molecule is CCNC(c1cnccc1C)C(C)(CC)N1CCOCC1. The summed E-state index contributed by atoms with van der Waals surface area (Å²) in [5.41, 5.74) is 2.70. The van der Waals surface area contributed by atoms with E-state index in [2.05, 4.69) is 49.0 Å². The van der Waals surface area contributed by atoms with Crippen molar-refractivity contribution < 1.29 is 4.74 Å². The number of hydrogen-bond donors (Lipinski definition) is 1. The quantitative estimate of drug-likeness (QED) is 0.874. The number of hydrogen-bond acceptors (Lipinski definition) is 4. The van der Waals surface area contributed by atoms with Crippen molar-refractivity contribution in [2.24, 2.45) is 0 Å². The topological polar surface area (TPSA) is 37.4 Å². The van der Waals surface area contributed by atoms with Crippen LogP contribution in [-0.4, -0.2) is 48.3 Å². The van der Waals surface area contributed by atoms with Crippen molar-refractivity contribution in [1.29, 1.82) is 0 Å². The van der Waals surface area contributed by atoms with Crippen molar-refractivity contribution in [2.75, 3.05) is 32.8 Å². The molecular weight excluding hydrogens is 262 g/mol. The number of morpholine rings is 1. The molecule has 1 aromatic rings. The molecule has 1 aliphatic heterocycles. The van der Waals surface area contributed by atoms with Crippen LogP contribution in [-0.2, 0) is 4.74 Å². The molecule has 2 atom stereocenters. The summed E-state index contributed by atoms with van der Waals surface area (Å²) in [6.07, 6.45) is 5.00. The molecule has 0 saturated carbocycles. The molecule has 1 N–H and O–H groups in total. The molecule has 2 heterocycles. The standard InChI is InChI=1S/C17H29N3O/c1-5-17(4,20-9-11-21-12-10-20)16(19-6-2)15-13-18-8-7-14(15)3/h7-8,13,16,19H,5-6,9-12H2,1-4H3. The molecule has 0 aliphatic carbocycles. The van der Waals surface area contributed by atoms with E-state index >= 15 is 0 Å². The van der Waals surface area contributed by atoms with E-state index in [0.717, 1.165) is 39.3 Å². The summed E-state index contributed by atoms with van der Waals surface area (Å²) in [7, 11) is 0. The van der Waals surface area contributed by atoms with E-state index in [1.165, 1.54) is 11.1 Å². The lowest BCUT2D eigenvalue weighted by molar-refractivity contribution is -0.0328. The van der Waals surface area contributed by atoms with Gasteiger partial charge < -0.3 is 10.1 Å². The maximum Gasteiger partial charge on any atom is 0.0594 e. The summed E-state index contributed by atoms with van der Waals surface area (Å²) >= 11 is 0. The molecule has 4 nitrogen and oxygen atoms in total. The highest BCUT2D eigenvalue weighted by atomic mass is 16.5. The summed E-state index contributed by atoms with van der Waals surface area (Å²) in [4.78, 5) is 6.94. The van der Waals surface area contributed by atoms with E-state index in [1.807, 2.05) is 12.4 Å². The van der Waals surface area contributed by atoms with Gasteiger partial charge in [0.05, 0.1) is 19.3 Å². The Bertz CT molecular complexity index is 445. The zero-order chi connectivity index (χ0) is 15.3. The molecule has 118 valence electrons. The maximum atomic E-state index is 5.53. The smallest absolute Gasteiger partial charge is 0.0594 e. The van der Waals surface area contributed by atoms with Crippen LogP contribution in [0.15, 0.2) is 18.5 Å². The Kier molecular flexibility index (Phi) is 5.73. The molecule has 2 unspecified atom stereocenters. The Morgan fingerprint density at radius 1 is 1.38 bits per heavy atom. The number of aryl methyl sites for hydroxylation is 1. The second kappa shape index (κ2) is 7.34. The number of ether oxygens (including phenoxy) is 1.